The Morgan fingerprint density at radius 1 is 1.07 bits per heavy atom. The summed E-state index contributed by atoms with van der Waals surface area (Å²) in [5.74, 6) is 7.39. The van der Waals surface area contributed by atoms with E-state index in [9.17, 15) is 5.11 Å². The molecule has 2 aromatic carbocycles. The molecule has 7 rings (SSSR count). The van der Waals surface area contributed by atoms with Crippen molar-refractivity contribution in [2.24, 2.45) is 0 Å². The Morgan fingerprint density at radius 2 is 1.88 bits per heavy atom. The van der Waals surface area contributed by atoms with Crippen LogP contribution in [0.15, 0.2) is 36.5 Å². The predicted molar refractivity (Wildman–Crippen MR) is 156 cm³/mol. The molecule has 0 saturated carbocycles. The standard InChI is InChI=1S/C32H33FN6O/c1-2-21-6-3-7-22-18-23(40)19-24(27(21)22)29-28(33)30-25(20-35-29)31(38-16-12-34-13-17-38)37-26(36-30)8-11-32-9-4-14-39(32)15-5-10-32/h3,6-7,18-20,34,40H,2,4-5,9-10,12-17H2,1H3. The van der Waals surface area contributed by atoms with Crippen LogP contribution in [0.25, 0.3) is 32.9 Å². The number of aromatic hydroxyl groups is 1. The lowest BCUT2D eigenvalue weighted by molar-refractivity contribution is 0.261. The number of phenols is 1. The topological polar surface area (TPSA) is 77.4 Å². The molecule has 0 spiro atoms. The molecule has 8 heteroatoms. The van der Waals surface area contributed by atoms with Crippen molar-refractivity contribution in [2.45, 2.75) is 44.6 Å². The van der Waals surface area contributed by atoms with E-state index in [0.29, 0.717) is 22.6 Å². The van der Waals surface area contributed by atoms with Gasteiger partial charge < -0.3 is 15.3 Å². The summed E-state index contributed by atoms with van der Waals surface area (Å²) in [6.07, 6.45) is 6.89. The second-order valence-corrected chi connectivity index (χ2v) is 11.1. The first-order chi connectivity index (χ1) is 19.6. The summed E-state index contributed by atoms with van der Waals surface area (Å²) in [6.45, 7) is 7.42. The van der Waals surface area contributed by atoms with Crippen molar-refractivity contribution in [3.8, 4) is 28.8 Å². The zero-order valence-corrected chi connectivity index (χ0v) is 22.8. The van der Waals surface area contributed by atoms with Gasteiger partial charge in [-0.15, -0.1) is 0 Å². The quantitative estimate of drug-likeness (QED) is 0.370. The fraction of sp³-hybridized carbons (Fsp3) is 0.406. The van der Waals surface area contributed by atoms with E-state index >= 15 is 4.39 Å². The van der Waals surface area contributed by atoms with E-state index in [1.54, 1.807) is 18.3 Å². The summed E-state index contributed by atoms with van der Waals surface area (Å²) >= 11 is 0. The molecule has 3 aliphatic rings. The smallest absolute Gasteiger partial charge is 0.207 e. The van der Waals surface area contributed by atoms with Gasteiger partial charge in [-0.05, 0) is 79.6 Å². The largest absolute Gasteiger partial charge is 0.508 e. The third-order valence-corrected chi connectivity index (χ3v) is 8.81. The summed E-state index contributed by atoms with van der Waals surface area (Å²) in [5.41, 5.74) is 1.92. The van der Waals surface area contributed by atoms with Crippen LogP contribution in [0.2, 0.25) is 0 Å². The van der Waals surface area contributed by atoms with E-state index < -0.39 is 5.82 Å². The van der Waals surface area contributed by atoms with Crippen LogP contribution in [0.3, 0.4) is 0 Å². The van der Waals surface area contributed by atoms with E-state index in [1.807, 2.05) is 18.2 Å². The monoisotopic (exact) mass is 536 g/mol. The number of anilines is 1. The molecule has 7 nitrogen and oxygen atoms in total. The van der Waals surface area contributed by atoms with Crippen molar-refractivity contribution in [3.63, 3.8) is 0 Å². The van der Waals surface area contributed by atoms with Crippen LogP contribution >= 0.6 is 0 Å². The molecule has 0 bridgehead atoms. The Hall–Kier alpha value is -3.80. The van der Waals surface area contributed by atoms with Gasteiger partial charge in [0.15, 0.2) is 5.82 Å². The number of aromatic nitrogens is 3. The number of benzene rings is 2. The highest BCUT2D eigenvalue weighted by molar-refractivity contribution is 6.01. The number of aryl methyl sites for hydroxylation is 1. The van der Waals surface area contributed by atoms with Crippen LogP contribution in [-0.2, 0) is 6.42 Å². The average Bonchev–Trinajstić information content (AvgIpc) is 3.56. The first kappa shape index (κ1) is 25.2. The number of nitrogens with zero attached hydrogens (tertiary/aromatic N) is 5. The van der Waals surface area contributed by atoms with Gasteiger partial charge in [0.25, 0.3) is 0 Å². The molecule has 3 aliphatic heterocycles. The molecule has 2 N–H and O–H groups in total. The van der Waals surface area contributed by atoms with E-state index in [-0.39, 0.29) is 22.5 Å². The minimum Gasteiger partial charge on any atom is -0.508 e. The molecule has 0 amide bonds. The Balaban J connectivity index is 1.43. The first-order valence-electron chi connectivity index (χ1n) is 14.4. The van der Waals surface area contributed by atoms with Gasteiger partial charge >= 0.3 is 0 Å². The van der Waals surface area contributed by atoms with Crippen molar-refractivity contribution in [1.29, 1.82) is 0 Å². The Bertz CT molecular complexity index is 1680. The normalized spacial score (nSPS) is 18.7. The lowest BCUT2D eigenvalue weighted by Crippen LogP contribution is -2.44. The number of phenolic OH excluding ortho intramolecular Hbond substituents is 1. The zero-order valence-electron chi connectivity index (χ0n) is 22.8. The number of hydrogen-bond acceptors (Lipinski definition) is 7. The second kappa shape index (κ2) is 9.99. The van der Waals surface area contributed by atoms with Crippen molar-refractivity contribution < 1.29 is 9.50 Å². The van der Waals surface area contributed by atoms with Gasteiger partial charge in [0.2, 0.25) is 5.82 Å². The van der Waals surface area contributed by atoms with E-state index in [1.165, 1.54) is 0 Å². The molecule has 3 saturated heterocycles. The minimum absolute atomic E-state index is 0.0738. The second-order valence-electron chi connectivity index (χ2n) is 11.1. The summed E-state index contributed by atoms with van der Waals surface area (Å²) in [6, 6.07) is 9.25. The molecule has 0 aliphatic carbocycles. The molecule has 0 atom stereocenters. The van der Waals surface area contributed by atoms with Crippen LogP contribution in [0.1, 0.15) is 44.0 Å². The number of piperazine rings is 1. The SMILES string of the molecule is CCc1cccc2cc(O)cc(-c3ncc4c(N5CCNCC5)nc(C#CC56CCCN5CCC6)nc4c3F)c12. The average molecular weight is 537 g/mol. The Kier molecular flexibility index (Phi) is 6.29. The van der Waals surface area contributed by atoms with Crippen molar-refractivity contribution in [3.05, 3.63) is 53.7 Å². The first-order valence-corrected chi connectivity index (χ1v) is 14.4. The predicted octanol–water partition coefficient (Wildman–Crippen LogP) is 4.64. The molecule has 204 valence electrons. The molecule has 4 aromatic rings. The molecule has 0 unspecified atom stereocenters. The molecule has 2 aromatic heterocycles. The number of pyridine rings is 1. The minimum atomic E-state index is -0.515. The molecule has 5 heterocycles. The van der Waals surface area contributed by atoms with Crippen molar-refractivity contribution in [1.82, 2.24) is 25.2 Å². The third kappa shape index (κ3) is 4.16. The zero-order chi connectivity index (χ0) is 27.3. The fourth-order valence-corrected chi connectivity index (χ4v) is 6.86. The summed E-state index contributed by atoms with van der Waals surface area (Å²) in [5, 5.41) is 16.2. The van der Waals surface area contributed by atoms with Gasteiger partial charge in [-0.3, -0.25) is 9.88 Å². The number of rotatable bonds is 3. The fourth-order valence-electron chi connectivity index (χ4n) is 6.86. The number of halogens is 1. The van der Waals surface area contributed by atoms with Gasteiger partial charge in [-0.25, -0.2) is 14.4 Å². The number of fused-ring (bicyclic) bond motifs is 3. The summed E-state index contributed by atoms with van der Waals surface area (Å²) in [4.78, 5) is 18.9. The van der Waals surface area contributed by atoms with Crippen LogP contribution < -0.4 is 10.2 Å². The van der Waals surface area contributed by atoms with Gasteiger partial charge in [-0.1, -0.05) is 31.0 Å². The van der Waals surface area contributed by atoms with Crippen LogP contribution in [-0.4, -0.2) is 69.8 Å². The highest BCUT2D eigenvalue weighted by atomic mass is 19.1. The Labute approximate surface area is 233 Å². The summed E-state index contributed by atoms with van der Waals surface area (Å²) < 4.78 is 16.6. The molecule has 40 heavy (non-hydrogen) atoms. The lowest BCUT2D eigenvalue weighted by atomic mass is 9.95. The van der Waals surface area contributed by atoms with E-state index in [4.69, 9.17) is 9.97 Å². The van der Waals surface area contributed by atoms with Crippen LogP contribution in [0, 0.1) is 17.7 Å². The molecule has 3 fully saturated rings. The van der Waals surface area contributed by atoms with Crippen molar-refractivity contribution >= 4 is 27.5 Å². The highest BCUT2D eigenvalue weighted by Gasteiger charge is 2.43. The van der Waals surface area contributed by atoms with Gasteiger partial charge in [-0.2, -0.15) is 0 Å². The van der Waals surface area contributed by atoms with Crippen LogP contribution in [0.5, 0.6) is 5.75 Å². The van der Waals surface area contributed by atoms with E-state index in [2.05, 4.69) is 38.9 Å². The lowest BCUT2D eigenvalue weighted by Gasteiger charge is -2.29. The maximum absolute atomic E-state index is 16.6. The highest BCUT2D eigenvalue weighted by Crippen LogP contribution is 2.39. The maximum Gasteiger partial charge on any atom is 0.207 e. The van der Waals surface area contributed by atoms with Gasteiger partial charge in [0, 0.05) is 37.9 Å². The van der Waals surface area contributed by atoms with Gasteiger partial charge in [0.05, 0.1) is 10.9 Å². The van der Waals surface area contributed by atoms with Crippen molar-refractivity contribution in [2.75, 3.05) is 44.2 Å². The van der Waals surface area contributed by atoms with Gasteiger partial charge in [0.1, 0.15) is 22.8 Å². The molecular formula is C32H33FN6O. The van der Waals surface area contributed by atoms with Crippen LogP contribution in [0.4, 0.5) is 10.2 Å². The molecule has 0 radical (unpaired) electrons. The number of hydrogen-bond donors (Lipinski definition) is 2. The molecular weight excluding hydrogens is 503 g/mol. The summed E-state index contributed by atoms with van der Waals surface area (Å²) in [7, 11) is 0. The number of nitrogens with one attached hydrogen (secondary N) is 1. The Morgan fingerprint density at radius 3 is 2.65 bits per heavy atom. The van der Waals surface area contributed by atoms with E-state index in [0.717, 1.165) is 87.7 Å². The third-order valence-electron chi connectivity index (χ3n) is 8.81. The maximum atomic E-state index is 16.6.